The second-order valence-corrected chi connectivity index (χ2v) is 7.51. The predicted molar refractivity (Wildman–Crippen MR) is 118 cm³/mol. The van der Waals surface area contributed by atoms with Crippen LogP contribution in [0.15, 0.2) is 48.5 Å². The highest BCUT2D eigenvalue weighted by molar-refractivity contribution is 7.80. The molecule has 0 aliphatic heterocycles. The minimum absolute atomic E-state index is 0.754. The average molecular weight is 389 g/mol. The van der Waals surface area contributed by atoms with Gasteiger partial charge in [-0.05, 0) is 48.8 Å². The van der Waals surface area contributed by atoms with Gasteiger partial charge in [-0.15, -0.1) is 0 Å². The maximum atomic E-state index is 6.24. The van der Waals surface area contributed by atoms with E-state index >= 15 is 0 Å². The van der Waals surface area contributed by atoms with E-state index in [1.807, 2.05) is 31.2 Å². The molecule has 26 heavy (non-hydrogen) atoms. The normalized spacial score (nSPS) is 10.6. The number of nitrogens with one attached hydrogen (secondary N) is 1. The van der Waals surface area contributed by atoms with Gasteiger partial charge in [-0.3, -0.25) is 0 Å². The van der Waals surface area contributed by atoms with Gasteiger partial charge in [0, 0.05) is 23.8 Å². The van der Waals surface area contributed by atoms with Crippen molar-refractivity contribution in [1.82, 2.24) is 4.90 Å². The summed E-state index contributed by atoms with van der Waals surface area (Å²) in [4.78, 5) is 2.25. The topological polar surface area (TPSA) is 15.3 Å². The molecule has 140 valence electrons. The lowest BCUT2D eigenvalue weighted by Gasteiger charge is -2.26. The van der Waals surface area contributed by atoms with E-state index in [1.165, 1.54) is 31.2 Å². The third-order valence-electron chi connectivity index (χ3n) is 4.46. The van der Waals surface area contributed by atoms with Crippen LogP contribution in [0.4, 0.5) is 5.69 Å². The Kier molecular flexibility index (Phi) is 8.93. The molecule has 0 aliphatic rings. The molecule has 0 unspecified atom stereocenters. The van der Waals surface area contributed by atoms with Crippen molar-refractivity contribution in [3.05, 3.63) is 64.7 Å². The number of hydrogen-bond acceptors (Lipinski definition) is 1. The van der Waals surface area contributed by atoms with Crippen LogP contribution in [0.3, 0.4) is 0 Å². The highest BCUT2D eigenvalue weighted by Crippen LogP contribution is 2.20. The van der Waals surface area contributed by atoms with E-state index in [0.717, 1.165) is 40.9 Å². The van der Waals surface area contributed by atoms with Crippen LogP contribution in [-0.2, 0) is 6.54 Å². The summed E-state index contributed by atoms with van der Waals surface area (Å²) in [6.45, 7) is 6.03. The Morgan fingerprint density at radius 1 is 1.04 bits per heavy atom. The van der Waals surface area contributed by atoms with Gasteiger partial charge in [0.1, 0.15) is 0 Å². The molecular weight excluding hydrogens is 360 g/mol. The van der Waals surface area contributed by atoms with Crippen LogP contribution in [-0.4, -0.2) is 16.6 Å². The largest absolute Gasteiger partial charge is 0.345 e. The molecule has 2 rings (SSSR count). The van der Waals surface area contributed by atoms with Crippen molar-refractivity contribution in [2.24, 2.45) is 0 Å². The molecule has 2 aromatic carbocycles. The van der Waals surface area contributed by atoms with E-state index in [0.29, 0.717) is 0 Å². The Morgan fingerprint density at radius 3 is 2.46 bits per heavy atom. The molecule has 0 saturated heterocycles. The summed E-state index contributed by atoms with van der Waals surface area (Å²) in [7, 11) is 0. The molecule has 0 bridgehead atoms. The maximum Gasteiger partial charge on any atom is 0.173 e. The van der Waals surface area contributed by atoms with Gasteiger partial charge in [0.2, 0.25) is 0 Å². The first kappa shape index (κ1) is 20.7. The molecule has 4 heteroatoms. The molecule has 0 amide bonds. The summed E-state index contributed by atoms with van der Waals surface area (Å²) in [6, 6.07) is 16.5. The molecule has 0 aromatic heterocycles. The standard InChI is InChI=1S/C22H29ClN2S/c1-3-4-5-6-10-15-25(17-19-11-8-7-9-12-19)22(26)24-20-14-13-18(2)21(23)16-20/h7-9,11-14,16H,3-6,10,15,17H2,1-2H3,(H,24,26). The fourth-order valence-corrected chi connectivity index (χ4v) is 3.29. The van der Waals surface area contributed by atoms with Gasteiger partial charge < -0.3 is 10.2 Å². The van der Waals surface area contributed by atoms with Gasteiger partial charge in [0.15, 0.2) is 5.11 Å². The van der Waals surface area contributed by atoms with Crippen LogP contribution in [0.25, 0.3) is 0 Å². The first-order valence-corrected chi connectivity index (χ1v) is 10.2. The number of nitrogens with zero attached hydrogens (tertiary/aromatic N) is 1. The summed E-state index contributed by atoms with van der Waals surface area (Å²) in [6.07, 6.45) is 6.27. The second-order valence-electron chi connectivity index (χ2n) is 6.72. The minimum Gasteiger partial charge on any atom is -0.345 e. The Labute approximate surface area is 168 Å². The molecule has 0 radical (unpaired) electrons. The highest BCUT2D eigenvalue weighted by Gasteiger charge is 2.11. The zero-order valence-electron chi connectivity index (χ0n) is 15.8. The Hall–Kier alpha value is -1.58. The summed E-state index contributed by atoms with van der Waals surface area (Å²) < 4.78 is 0. The molecule has 0 atom stereocenters. The van der Waals surface area contributed by atoms with Crippen molar-refractivity contribution in [2.75, 3.05) is 11.9 Å². The smallest absolute Gasteiger partial charge is 0.173 e. The number of thiocarbonyl (C=S) groups is 1. The average Bonchev–Trinajstić information content (AvgIpc) is 2.64. The molecule has 2 nitrogen and oxygen atoms in total. The van der Waals surface area contributed by atoms with Crippen molar-refractivity contribution in [2.45, 2.75) is 52.5 Å². The lowest BCUT2D eigenvalue weighted by atomic mass is 10.1. The van der Waals surface area contributed by atoms with Crippen LogP contribution in [0.2, 0.25) is 5.02 Å². The number of anilines is 1. The third kappa shape index (κ3) is 6.97. The number of halogens is 1. The Morgan fingerprint density at radius 2 is 1.77 bits per heavy atom. The molecule has 0 spiro atoms. The summed E-state index contributed by atoms with van der Waals surface area (Å²) in [5, 5.41) is 4.87. The number of aryl methyl sites for hydroxylation is 1. The van der Waals surface area contributed by atoms with Crippen LogP contribution >= 0.6 is 23.8 Å². The lowest BCUT2D eigenvalue weighted by molar-refractivity contribution is 0.399. The second kappa shape index (κ2) is 11.2. The number of hydrogen-bond donors (Lipinski definition) is 1. The fraction of sp³-hybridized carbons (Fsp3) is 0.409. The molecule has 0 fully saturated rings. The fourth-order valence-electron chi connectivity index (χ4n) is 2.84. The SMILES string of the molecule is CCCCCCCN(Cc1ccccc1)C(=S)Nc1ccc(C)c(Cl)c1. The monoisotopic (exact) mass is 388 g/mol. The summed E-state index contributed by atoms with van der Waals surface area (Å²) >= 11 is 11.9. The Balaban J connectivity index is 2.00. The molecule has 1 N–H and O–H groups in total. The molecule has 0 saturated carbocycles. The van der Waals surface area contributed by atoms with E-state index in [9.17, 15) is 0 Å². The van der Waals surface area contributed by atoms with E-state index in [2.05, 4.69) is 41.4 Å². The summed E-state index contributed by atoms with van der Waals surface area (Å²) in [5.74, 6) is 0. The van der Waals surface area contributed by atoms with Gasteiger partial charge in [0.25, 0.3) is 0 Å². The third-order valence-corrected chi connectivity index (χ3v) is 5.23. The van der Waals surface area contributed by atoms with E-state index < -0.39 is 0 Å². The first-order chi connectivity index (χ1) is 12.6. The van der Waals surface area contributed by atoms with Crippen molar-refractivity contribution in [3.8, 4) is 0 Å². The summed E-state index contributed by atoms with van der Waals surface area (Å²) in [5.41, 5.74) is 3.28. The highest BCUT2D eigenvalue weighted by atomic mass is 35.5. The zero-order chi connectivity index (χ0) is 18.8. The molecular formula is C22H29ClN2S. The number of rotatable bonds is 9. The van der Waals surface area contributed by atoms with Gasteiger partial charge in [-0.1, -0.05) is 80.6 Å². The molecule has 0 aliphatic carbocycles. The van der Waals surface area contributed by atoms with Crippen LogP contribution < -0.4 is 5.32 Å². The van der Waals surface area contributed by atoms with E-state index in [-0.39, 0.29) is 0 Å². The lowest BCUT2D eigenvalue weighted by Crippen LogP contribution is -2.35. The quantitative estimate of drug-likeness (QED) is 0.374. The predicted octanol–water partition coefficient (Wildman–Crippen LogP) is 6.82. The number of benzene rings is 2. The van der Waals surface area contributed by atoms with E-state index in [1.54, 1.807) is 0 Å². The minimum atomic E-state index is 0.754. The van der Waals surface area contributed by atoms with Gasteiger partial charge in [-0.2, -0.15) is 0 Å². The molecule has 0 heterocycles. The van der Waals surface area contributed by atoms with Crippen LogP contribution in [0.1, 0.15) is 50.2 Å². The first-order valence-electron chi connectivity index (χ1n) is 9.46. The van der Waals surface area contributed by atoms with Crippen molar-refractivity contribution < 1.29 is 0 Å². The van der Waals surface area contributed by atoms with Gasteiger partial charge >= 0.3 is 0 Å². The van der Waals surface area contributed by atoms with Crippen LogP contribution in [0, 0.1) is 6.92 Å². The van der Waals surface area contributed by atoms with Crippen molar-refractivity contribution in [1.29, 1.82) is 0 Å². The van der Waals surface area contributed by atoms with Crippen molar-refractivity contribution in [3.63, 3.8) is 0 Å². The Bertz CT molecular complexity index is 688. The van der Waals surface area contributed by atoms with Crippen molar-refractivity contribution >= 4 is 34.6 Å². The van der Waals surface area contributed by atoms with Crippen LogP contribution in [0.5, 0.6) is 0 Å². The molecule has 2 aromatic rings. The zero-order valence-corrected chi connectivity index (χ0v) is 17.4. The van der Waals surface area contributed by atoms with Gasteiger partial charge in [0.05, 0.1) is 0 Å². The number of unbranched alkanes of at least 4 members (excludes halogenated alkanes) is 4. The maximum absolute atomic E-state index is 6.24. The van der Waals surface area contributed by atoms with Gasteiger partial charge in [-0.25, -0.2) is 0 Å². The van der Waals surface area contributed by atoms with E-state index in [4.69, 9.17) is 23.8 Å².